The molecule has 1 saturated carbocycles. The van der Waals surface area contributed by atoms with Crippen LogP contribution in [-0.2, 0) is 0 Å². The molecule has 0 bridgehead atoms. The lowest BCUT2D eigenvalue weighted by Gasteiger charge is -2.35. The van der Waals surface area contributed by atoms with Crippen LogP contribution in [0, 0.1) is 11.8 Å². The van der Waals surface area contributed by atoms with Crippen LogP contribution >= 0.6 is 0 Å². The van der Waals surface area contributed by atoms with Gasteiger partial charge in [0.1, 0.15) is 0 Å². The van der Waals surface area contributed by atoms with Crippen molar-refractivity contribution in [3.8, 4) is 0 Å². The third kappa shape index (κ3) is 1.31. The van der Waals surface area contributed by atoms with Crippen molar-refractivity contribution in [2.75, 3.05) is 0 Å². The van der Waals surface area contributed by atoms with E-state index in [0.717, 1.165) is 11.8 Å². The van der Waals surface area contributed by atoms with Gasteiger partial charge in [0.15, 0.2) is 0 Å². The Morgan fingerprint density at radius 2 is 2.07 bits per heavy atom. The van der Waals surface area contributed by atoms with Gasteiger partial charge in [0.2, 0.25) is 0 Å². The Balaban J connectivity index is 2.37. The molecule has 0 aromatic heterocycles. The average Bonchev–Trinajstić information content (AvgIpc) is 2.66. The molecule has 3 unspecified atom stereocenters. The van der Waals surface area contributed by atoms with Gasteiger partial charge in [-0.05, 0) is 43.3 Å². The maximum atomic E-state index is 3.92. The van der Waals surface area contributed by atoms with Gasteiger partial charge in [0, 0.05) is 11.7 Å². The van der Waals surface area contributed by atoms with Crippen LogP contribution in [-0.4, -0.2) is 6.04 Å². The van der Waals surface area contributed by atoms with E-state index in [0.29, 0.717) is 6.04 Å². The second-order valence-corrected chi connectivity index (χ2v) is 4.41. The zero-order valence-corrected chi connectivity index (χ0v) is 8.92. The summed E-state index contributed by atoms with van der Waals surface area (Å²) in [4.78, 5) is 0. The minimum Gasteiger partial charge on any atom is -0.382 e. The largest absolute Gasteiger partial charge is 0.382 e. The van der Waals surface area contributed by atoms with Gasteiger partial charge in [-0.15, -0.1) is 0 Å². The molecule has 14 heavy (non-hydrogen) atoms. The van der Waals surface area contributed by atoms with E-state index >= 15 is 0 Å². The summed E-state index contributed by atoms with van der Waals surface area (Å²) in [5.41, 5.74) is 2.59. The summed E-state index contributed by atoms with van der Waals surface area (Å²) in [7, 11) is 0. The highest BCUT2D eigenvalue weighted by molar-refractivity contribution is 5.36. The fraction of sp³-hybridized carbons (Fsp3) is 0.538. The molecule has 1 heteroatoms. The molecular weight excluding hydrogens is 170 g/mol. The highest BCUT2D eigenvalue weighted by Gasteiger charge is 2.37. The van der Waals surface area contributed by atoms with Crippen molar-refractivity contribution in [2.24, 2.45) is 11.8 Å². The number of allylic oxidation sites excluding steroid dienone is 3. The van der Waals surface area contributed by atoms with Crippen LogP contribution < -0.4 is 5.32 Å². The Hall–Kier alpha value is -0.980. The highest BCUT2D eigenvalue weighted by atomic mass is 14.9. The molecule has 1 aliphatic carbocycles. The zero-order valence-electron chi connectivity index (χ0n) is 8.92. The Kier molecular flexibility index (Phi) is 2.49. The molecule has 1 N–H and O–H groups in total. The summed E-state index contributed by atoms with van der Waals surface area (Å²) < 4.78 is 0. The van der Waals surface area contributed by atoms with Crippen LogP contribution in [0.15, 0.2) is 36.6 Å². The summed E-state index contributed by atoms with van der Waals surface area (Å²) in [6.07, 6.45) is 8.00. The van der Waals surface area contributed by atoms with Crippen molar-refractivity contribution in [1.82, 2.24) is 5.32 Å². The van der Waals surface area contributed by atoms with Crippen molar-refractivity contribution in [2.45, 2.75) is 32.2 Å². The SMILES string of the molecule is C=CC1=C(C=C)C2CCCC2C(C)N1. The van der Waals surface area contributed by atoms with Crippen LogP contribution in [0.1, 0.15) is 26.2 Å². The van der Waals surface area contributed by atoms with Crippen LogP contribution in [0.2, 0.25) is 0 Å². The minimum absolute atomic E-state index is 0.596. The molecule has 2 rings (SSSR count). The monoisotopic (exact) mass is 189 g/mol. The van der Waals surface area contributed by atoms with E-state index < -0.39 is 0 Å². The van der Waals surface area contributed by atoms with Crippen molar-refractivity contribution in [3.05, 3.63) is 36.6 Å². The van der Waals surface area contributed by atoms with E-state index in [1.165, 1.54) is 30.5 Å². The highest BCUT2D eigenvalue weighted by Crippen LogP contribution is 2.42. The standard InChI is InChI=1S/C13H19N/c1-4-10-12-8-6-7-11(12)9(3)14-13(10)5-2/h4-5,9,11-12,14H,1-2,6-8H2,3H3. The van der Waals surface area contributed by atoms with E-state index in [9.17, 15) is 0 Å². The lowest BCUT2D eigenvalue weighted by atomic mass is 9.80. The first-order chi connectivity index (χ1) is 6.77. The lowest BCUT2D eigenvalue weighted by Crippen LogP contribution is -2.40. The Morgan fingerprint density at radius 1 is 1.29 bits per heavy atom. The summed E-state index contributed by atoms with van der Waals surface area (Å²) in [5, 5.41) is 3.53. The van der Waals surface area contributed by atoms with Gasteiger partial charge in [-0.2, -0.15) is 0 Å². The molecule has 1 fully saturated rings. The van der Waals surface area contributed by atoms with Gasteiger partial charge in [-0.1, -0.05) is 25.7 Å². The van der Waals surface area contributed by atoms with Gasteiger partial charge >= 0.3 is 0 Å². The predicted molar refractivity (Wildman–Crippen MR) is 60.8 cm³/mol. The molecule has 0 saturated heterocycles. The maximum absolute atomic E-state index is 3.92. The normalized spacial score (nSPS) is 36.2. The third-order valence-electron chi connectivity index (χ3n) is 3.73. The topological polar surface area (TPSA) is 12.0 Å². The first kappa shape index (κ1) is 9.57. The molecule has 0 radical (unpaired) electrons. The van der Waals surface area contributed by atoms with Gasteiger partial charge in [0.05, 0.1) is 0 Å². The lowest BCUT2D eigenvalue weighted by molar-refractivity contribution is 0.322. The number of nitrogens with one attached hydrogen (secondary N) is 1. The molecule has 3 atom stereocenters. The van der Waals surface area contributed by atoms with Crippen molar-refractivity contribution < 1.29 is 0 Å². The summed E-state index contributed by atoms with van der Waals surface area (Å²) in [5.74, 6) is 1.54. The quantitative estimate of drug-likeness (QED) is 0.704. The zero-order chi connectivity index (χ0) is 10.1. The number of rotatable bonds is 2. The fourth-order valence-corrected chi connectivity index (χ4v) is 3.05. The van der Waals surface area contributed by atoms with E-state index in [2.05, 4.69) is 25.4 Å². The average molecular weight is 189 g/mol. The van der Waals surface area contributed by atoms with E-state index in [-0.39, 0.29) is 0 Å². The molecule has 0 aromatic rings. The van der Waals surface area contributed by atoms with Gasteiger partial charge in [-0.25, -0.2) is 0 Å². The van der Waals surface area contributed by atoms with Crippen LogP contribution in [0.4, 0.5) is 0 Å². The summed E-state index contributed by atoms with van der Waals surface area (Å²) in [6.45, 7) is 10.1. The molecule has 0 aromatic carbocycles. The fourth-order valence-electron chi connectivity index (χ4n) is 3.05. The first-order valence-electron chi connectivity index (χ1n) is 5.53. The smallest absolute Gasteiger partial charge is 0.0371 e. The molecular formula is C13H19N. The van der Waals surface area contributed by atoms with Crippen molar-refractivity contribution >= 4 is 0 Å². The third-order valence-corrected chi connectivity index (χ3v) is 3.73. The predicted octanol–water partition coefficient (Wildman–Crippen LogP) is 3.02. The minimum atomic E-state index is 0.596. The number of fused-ring (bicyclic) bond motifs is 1. The Bertz CT molecular complexity index is 288. The number of hydrogen-bond acceptors (Lipinski definition) is 1. The Morgan fingerprint density at radius 3 is 2.71 bits per heavy atom. The summed E-state index contributed by atoms with van der Waals surface area (Å²) >= 11 is 0. The molecule has 2 aliphatic rings. The number of hydrogen-bond donors (Lipinski definition) is 1. The van der Waals surface area contributed by atoms with Crippen LogP contribution in [0.3, 0.4) is 0 Å². The Labute approximate surface area is 86.6 Å². The molecule has 1 heterocycles. The van der Waals surface area contributed by atoms with Crippen molar-refractivity contribution in [3.63, 3.8) is 0 Å². The van der Waals surface area contributed by atoms with E-state index in [1.54, 1.807) is 0 Å². The van der Waals surface area contributed by atoms with Gasteiger partial charge < -0.3 is 5.32 Å². The van der Waals surface area contributed by atoms with E-state index in [4.69, 9.17) is 0 Å². The second kappa shape index (κ2) is 3.64. The molecule has 1 nitrogen and oxygen atoms in total. The van der Waals surface area contributed by atoms with Crippen LogP contribution in [0.25, 0.3) is 0 Å². The molecule has 0 amide bonds. The molecule has 1 aliphatic heterocycles. The van der Waals surface area contributed by atoms with Gasteiger partial charge in [0.25, 0.3) is 0 Å². The first-order valence-corrected chi connectivity index (χ1v) is 5.53. The maximum Gasteiger partial charge on any atom is 0.0371 e. The molecule has 76 valence electrons. The van der Waals surface area contributed by atoms with Gasteiger partial charge in [-0.3, -0.25) is 0 Å². The van der Waals surface area contributed by atoms with E-state index in [1.807, 2.05) is 12.2 Å². The summed E-state index contributed by atoms with van der Waals surface area (Å²) in [6, 6.07) is 0.596. The second-order valence-electron chi connectivity index (χ2n) is 4.41. The molecule has 0 spiro atoms. The van der Waals surface area contributed by atoms with Crippen LogP contribution in [0.5, 0.6) is 0 Å². The van der Waals surface area contributed by atoms with Crippen molar-refractivity contribution in [1.29, 1.82) is 0 Å².